The number of hydrazine groups is 1. The Morgan fingerprint density at radius 2 is 2.32 bits per heavy atom. The van der Waals surface area contributed by atoms with E-state index < -0.39 is 0 Å². The predicted octanol–water partition coefficient (Wildman–Crippen LogP) is 2.50. The average Bonchev–Trinajstić information content (AvgIpc) is 2.92. The first kappa shape index (κ1) is 14.9. The van der Waals surface area contributed by atoms with Crippen LogP contribution in [0, 0.1) is 5.92 Å². The molecule has 1 saturated carbocycles. The predicted molar refractivity (Wildman–Crippen MR) is 78.9 cm³/mol. The van der Waals surface area contributed by atoms with Gasteiger partial charge in [-0.2, -0.15) is 0 Å². The first-order chi connectivity index (χ1) is 9.20. The van der Waals surface area contributed by atoms with E-state index in [0.717, 1.165) is 36.8 Å². The Hall–Kier alpha value is -0.490. The molecule has 1 aliphatic carbocycles. The van der Waals surface area contributed by atoms with Gasteiger partial charge in [0.25, 0.3) is 0 Å². The molecule has 5 heteroatoms. The minimum atomic E-state index is -0.123. The summed E-state index contributed by atoms with van der Waals surface area (Å²) < 4.78 is 6.15. The zero-order chi connectivity index (χ0) is 13.7. The Labute approximate surface area is 119 Å². The molecule has 3 N–H and O–H groups in total. The van der Waals surface area contributed by atoms with Crippen LogP contribution in [0.1, 0.15) is 44.5 Å². The molecule has 1 aromatic heterocycles. The molecule has 0 bridgehead atoms. The fraction of sp³-hybridized carbons (Fsp3) is 0.786. The molecule has 1 fully saturated rings. The summed E-state index contributed by atoms with van der Waals surface area (Å²) in [5.74, 6) is 6.62. The third-order valence-corrected chi connectivity index (χ3v) is 5.05. The SMILES string of the molecule is CCOC1(C(Cc2nccs2)NN)CCC(C)CC1. The molecule has 1 unspecified atom stereocenters. The first-order valence-corrected chi connectivity index (χ1v) is 8.06. The summed E-state index contributed by atoms with van der Waals surface area (Å²) in [4.78, 5) is 4.37. The number of hydrogen-bond donors (Lipinski definition) is 2. The van der Waals surface area contributed by atoms with E-state index in [1.165, 1.54) is 12.8 Å². The Bertz CT molecular complexity index is 361. The molecule has 2 rings (SSSR count). The molecule has 1 heterocycles. The number of rotatable bonds is 6. The van der Waals surface area contributed by atoms with Gasteiger partial charge in [-0.3, -0.25) is 11.3 Å². The summed E-state index contributed by atoms with van der Waals surface area (Å²) in [7, 11) is 0. The van der Waals surface area contributed by atoms with Crippen molar-refractivity contribution >= 4 is 11.3 Å². The molecule has 0 amide bonds. The van der Waals surface area contributed by atoms with Gasteiger partial charge in [-0.25, -0.2) is 4.98 Å². The molecule has 0 aliphatic heterocycles. The summed E-state index contributed by atoms with van der Waals surface area (Å²) in [6.07, 6.45) is 7.31. The lowest BCUT2D eigenvalue weighted by molar-refractivity contribution is -0.0961. The summed E-state index contributed by atoms with van der Waals surface area (Å²) in [6.45, 7) is 5.13. The maximum absolute atomic E-state index is 6.15. The van der Waals surface area contributed by atoms with Crippen molar-refractivity contribution in [2.24, 2.45) is 11.8 Å². The molecule has 0 spiro atoms. The van der Waals surface area contributed by atoms with Gasteiger partial charge in [0.05, 0.1) is 16.7 Å². The van der Waals surface area contributed by atoms with Gasteiger partial charge in [-0.1, -0.05) is 6.92 Å². The molecule has 1 aliphatic rings. The van der Waals surface area contributed by atoms with Gasteiger partial charge < -0.3 is 4.74 Å². The molecule has 19 heavy (non-hydrogen) atoms. The van der Waals surface area contributed by atoms with Crippen LogP contribution in [0.3, 0.4) is 0 Å². The van der Waals surface area contributed by atoms with E-state index >= 15 is 0 Å². The first-order valence-electron chi connectivity index (χ1n) is 7.18. The minimum absolute atomic E-state index is 0.123. The minimum Gasteiger partial charge on any atom is -0.374 e. The van der Waals surface area contributed by atoms with Gasteiger partial charge in [0, 0.05) is 24.6 Å². The van der Waals surface area contributed by atoms with Crippen molar-refractivity contribution in [3.05, 3.63) is 16.6 Å². The molecule has 0 radical (unpaired) electrons. The van der Waals surface area contributed by atoms with E-state index in [1.54, 1.807) is 11.3 Å². The zero-order valence-electron chi connectivity index (χ0n) is 11.9. The smallest absolute Gasteiger partial charge is 0.0942 e. The third kappa shape index (κ3) is 3.54. The molecule has 1 aromatic rings. The monoisotopic (exact) mass is 283 g/mol. The third-order valence-electron chi connectivity index (χ3n) is 4.25. The molecule has 1 atom stereocenters. The number of thiazole rings is 1. The van der Waals surface area contributed by atoms with Gasteiger partial charge in [0.2, 0.25) is 0 Å². The van der Waals surface area contributed by atoms with Crippen molar-refractivity contribution in [3.8, 4) is 0 Å². The van der Waals surface area contributed by atoms with E-state index in [1.807, 2.05) is 11.6 Å². The molecule has 108 valence electrons. The highest BCUT2D eigenvalue weighted by Gasteiger charge is 2.41. The average molecular weight is 283 g/mol. The molecule has 4 nitrogen and oxygen atoms in total. The van der Waals surface area contributed by atoms with Gasteiger partial charge in [0.15, 0.2) is 0 Å². The van der Waals surface area contributed by atoms with Crippen LogP contribution in [-0.4, -0.2) is 23.2 Å². The van der Waals surface area contributed by atoms with E-state index in [9.17, 15) is 0 Å². The topological polar surface area (TPSA) is 60.2 Å². The van der Waals surface area contributed by atoms with E-state index in [0.29, 0.717) is 0 Å². The van der Waals surface area contributed by atoms with E-state index in [-0.39, 0.29) is 11.6 Å². The summed E-state index contributed by atoms with van der Waals surface area (Å²) in [5, 5.41) is 3.14. The highest BCUT2D eigenvalue weighted by molar-refractivity contribution is 7.09. The number of nitrogens with two attached hydrogens (primary N) is 1. The Morgan fingerprint density at radius 3 is 2.84 bits per heavy atom. The Kier molecular flexibility index (Phi) is 5.33. The second-order valence-corrected chi connectivity index (χ2v) is 6.51. The normalized spacial score (nSPS) is 29.3. The van der Waals surface area contributed by atoms with Crippen LogP contribution in [0.4, 0.5) is 0 Å². The number of nitrogens with zero attached hydrogens (tertiary/aromatic N) is 1. The van der Waals surface area contributed by atoms with Crippen molar-refractivity contribution in [3.63, 3.8) is 0 Å². The fourth-order valence-electron chi connectivity index (χ4n) is 3.06. The standard InChI is InChI=1S/C14H25N3OS/c1-3-18-14(6-4-11(2)5-7-14)12(17-15)10-13-16-8-9-19-13/h8-9,11-12,17H,3-7,10,15H2,1-2H3. The van der Waals surface area contributed by atoms with Crippen LogP contribution in [0.25, 0.3) is 0 Å². The lowest BCUT2D eigenvalue weighted by atomic mass is 9.74. The lowest BCUT2D eigenvalue weighted by Crippen LogP contribution is -2.57. The van der Waals surface area contributed by atoms with Crippen LogP contribution in [-0.2, 0) is 11.2 Å². The molecular formula is C14H25N3OS. The number of nitrogens with one attached hydrogen (secondary N) is 1. The van der Waals surface area contributed by atoms with Crippen LogP contribution >= 0.6 is 11.3 Å². The Morgan fingerprint density at radius 1 is 1.58 bits per heavy atom. The number of ether oxygens (including phenoxy) is 1. The molecular weight excluding hydrogens is 258 g/mol. The van der Waals surface area contributed by atoms with Crippen molar-refractivity contribution in [1.29, 1.82) is 0 Å². The summed E-state index contributed by atoms with van der Waals surface area (Å²) in [5.41, 5.74) is 2.87. The van der Waals surface area contributed by atoms with Gasteiger partial charge >= 0.3 is 0 Å². The van der Waals surface area contributed by atoms with Crippen molar-refractivity contribution < 1.29 is 4.74 Å². The quantitative estimate of drug-likeness (QED) is 0.622. The van der Waals surface area contributed by atoms with Crippen LogP contribution < -0.4 is 11.3 Å². The number of hydrogen-bond acceptors (Lipinski definition) is 5. The van der Waals surface area contributed by atoms with Crippen LogP contribution in [0.2, 0.25) is 0 Å². The number of aromatic nitrogens is 1. The van der Waals surface area contributed by atoms with Crippen LogP contribution in [0.15, 0.2) is 11.6 Å². The molecule has 0 saturated heterocycles. The second-order valence-electron chi connectivity index (χ2n) is 5.53. The highest BCUT2D eigenvalue weighted by Crippen LogP contribution is 2.38. The maximum Gasteiger partial charge on any atom is 0.0942 e. The largest absolute Gasteiger partial charge is 0.374 e. The zero-order valence-corrected chi connectivity index (χ0v) is 12.7. The Balaban J connectivity index is 2.10. The van der Waals surface area contributed by atoms with Gasteiger partial charge in [-0.05, 0) is 38.5 Å². The molecule has 0 aromatic carbocycles. The lowest BCUT2D eigenvalue weighted by Gasteiger charge is -2.44. The van der Waals surface area contributed by atoms with E-state index in [4.69, 9.17) is 10.6 Å². The second kappa shape index (κ2) is 6.79. The van der Waals surface area contributed by atoms with E-state index in [2.05, 4.69) is 24.3 Å². The fourth-order valence-corrected chi connectivity index (χ4v) is 3.72. The van der Waals surface area contributed by atoms with Crippen molar-refractivity contribution in [1.82, 2.24) is 10.4 Å². The van der Waals surface area contributed by atoms with Gasteiger partial charge in [0.1, 0.15) is 0 Å². The summed E-state index contributed by atoms with van der Waals surface area (Å²) in [6, 6.07) is 0.145. The summed E-state index contributed by atoms with van der Waals surface area (Å²) >= 11 is 1.69. The van der Waals surface area contributed by atoms with Crippen LogP contribution in [0.5, 0.6) is 0 Å². The maximum atomic E-state index is 6.15. The van der Waals surface area contributed by atoms with Crippen molar-refractivity contribution in [2.45, 2.75) is 57.6 Å². The van der Waals surface area contributed by atoms with Gasteiger partial charge in [-0.15, -0.1) is 11.3 Å². The van der Waals surface area contributed by atoms with Crippen molar-refractivity contribution in [2.75, 3.05) is 6.61 Å². The highest BCUT2D eigenvalue weighted by atomic mass is 32.1.